The maximum Gasteiger partial charge on any atom is 0.171 e. The minimum atomic E-state index is 0.188. The topological polar surface area (TPSA) is 24.1 Å². The van der Waals surface area contributed by atoms with Gasteiger partial charge in [0.25, 0.3) is 0 Å². The van der Waals surface area contributed by atoms with E-state index >= 15 is 0 Å². The molecular weight excluding hydrogens is 368 g/mol. The van der Waals surface area contributed by atoms with Gasteiger partial charge < -0.3 is 10.6 Å². The second-order valence-corrected chi connectivity index (χ2v) is 7.40. The molecule has 0 aliphatic heterocycles. The Kier molecular flexibility index (Phi) is 6.19. The zero-order valence-electron chi connectivity index (χ0n) is 14.0. The molecule has 0 bridgehead atoms. The number of nitrogens with one attached hydrogen (secondary N) is 2. The van der Waals surface area contributed by atoms with E-state index in [4.69, 9.17) is 12.2 Å². The Morgan fingerprint density at radius 3 is 2.35 bits per heavy atom. The van der Waals surface area contributed by atoms with Gasteiger partial charge in [-0.1, -0.05) is 54.0 Å². The fourth-order valence-electron chi connectivity index (χ4n) is 2.57. The second kappa shape index (κ2) is 7.93. The van der Waals surface area contributed by atoms with E-state index in [0.29, 0.717) is 11.0 Å². The largest absolute Gasteiger partial charge is 0.355 e. The summed E-state index contributed by atoms with van der Waals surface area (Å²) < 4.78 is 1.10. The molecule has 2 nitrogen and oxygen atoms in total. The van der Waals surface area contributed by atoms with Gasteiger partial charge in [-0.3, -0.25) is 0 Å². The highest BCUT2D eigenvalue weighted by Crippen LogP contribution is 2.25. The van der Waals surface area contributed by atoms with Crippen molar-refractivity contribution in [1.29, 1.82) is 0 Å². The summed E-state index contributed by atoms with van der Waals surface area (Å²) in [5.41, 5.74) is 4.74. The average Bonchev–Trinajstić information content (AvgIpc) is 2.49. The number of hydrogen-bond donors (Lipinski definition) is 2. The fraction of sp³-hybridized carbons (Fsp3) is 0.316. The lowest BCUT2D eigenvalue weighted by atomic mass is 9.93. The van der Waals surface area contributed by atoms with Crippen LogP contribution in [-0.4, -0.2) is 5.11 Å². The number of aryl methyl sites for hydroxylation is 2. The maximum absolute atomic E-state index is 5.52. The number of halogens is 1. The van der Waals surface area contributed by atoms with Gasteiger partial charge in [0.2, 0.25) is 0 Å². The average molecular weight is 391 g/mol. The normalized spacial score (nSPS) is 12.1. The van der Waals surface area contributed by atoms with E-state index in [-0.39, 0.29) is 6.04 Å². The summed E-state index contributed by atoms with van der Waals surface area (Å²) in [6, 6.07) is 14.8. The maximum atomic E-state index is 5.52. The highest BCUT2D eigenvalue weighted by molar-refractivity contribution is 9.10. The second-order valence-electron chi connectivity index (χ2n) is 6.14. The molecular formula is C19H23BrN2S. The molecule has 23 heavy (non-hydrogen) atoms. The summed E-state index contributed by atoms with van der Waals surface area (Å²) in [5, 5.41) is 7.40. The Hall–Kier alpha value is -1.39. The molecule has 0 aliphatic carbocycles. The van der Waals surface area contributed by atoms with Gasteiger partial charge in [0.15, 0.2) is 5.11 Å². The molecule has 0 amide bonds. The van der Waals surface area contributed by atoms with E-state index in [2.05, 4.69) is 84.6 Å². The van der Waals surface area contributed by atoms with Gasteiger partial charge >= 0.3 is 0 Å². The Bertz CT molecular complexity index is 698. The smallest absolute Gasteiger partial charge is 0.171 e. The number of benzene rings is 2. The van der Waals surface area contributed by atoms with E-state index in [0.717, 1.165) is 10.2 Å². The lowest BCUT2D eigenvalue weighted by molar-refractivity contribution is 0.471. The quantitative estimate of drug-likeness (QED) is 0.649. The summed E-state index contributed by atoms with van der Waals surface area (Å²) in [5.74, 6) is 0.433. The van der Waals surface area contributed by atoms with E-state index in [1.807, 2.05) is 12.1 Å². The monoisotopic (exact) mass is 390 g/mol. The van der Waals surface area contributed by atoms with Gasteiger partial charge in [-0.25, -0.2) is 0 Å². The van der Waals surface area contributed by atoms with Crippen molar-refractivity contribution in [3.63, 3.8) is 0 Å². The predicted octanol–water partition coefficient (Wildman–Crippen LogP) is 5.75. The molecule has 122 valence electrons. The molecule has 0 spiro atoms. The van der Waals surface area contributed by atoms with Crippen LogP contribution < -0.4 is 10.6 Å². The molecule has 2 aromatic rings. The molecule has 0 fully saturated rings. The molecule has 4 heteroatoms. The Labute approximate surface area is 152 Å². The van der Waals surface area contributed by atoms with Crippen molar-refractivity contribution in [2.45, 2.75) is 33.7 Å². The van der Waals surface area contributed by atoms with Gasteiger partial charge in [0, 0.05) is 10.2 Å². The highest BCUT2D eigenvalue weighted by atomic mass is 79.9. The summed E-state index contributed by atoms with van der Waals surface area (Å²) in [6.45, 7) is 8.62. The summed E-state index contributed by atoms with van der Waals surface area (Å²) in [7, 11) is 0. The van der Waals surface area contributed by atoms with Gasteiger partial charge in [-0.05, 0) is 66.9 Å². The van der Waals surface area contributed by atoms with Crippen molar-refractivity contribution < 1.29 is 0 Å². The van der Waals surface area contributed by atoms with Crippen LogP contribution in [0.5, 0.6) is 0 Å². The van der Waals surface area contributed by atoms with Crippen molar-refractivity contribution in [2.75, 3.05) is 5.32 Å². The number of rotatable bonds is 4. The van der Waals surface area contributed by atoms with E-state index in [1.165, 1.54) is 16.7 Å². The third kappa shape index (κ3) is 4.79. The van der Waals surface area contributed by atoms with Crippen molar-refractivity contribution in [3.8, 4) is 0 Å². The molecule has 2 aromatic carbocycles. The fourth-order valence-corrected chi connectivity index (χ4v) is 3.06. The predicted molar refractivity (Wildman–Crippen MR) is 107 cm³/mol. The molecule has 0 unspecified atom stereocenters. The minimum absolute atomic E-state index is 0.188. The third-order valence-electron chi connectivity index (χ3n) is 3.89. The van der Waals surface area contributed by atoms with Crippen molar-refractivity contribution in [2.24, 2.45) is 5.92 Å². The molecule has 0 saturated carbocycles. The first-order valence-electron chi connectivity index (χ1n) is 7.77. The van der Waals surface area contributed by atoms with Crippen LogP contribution in [0.4, 0.5) is 5.69 Å². The van der Waals surface area contributed by atoms with Crippen molar-refractivity contribution >= 4 is 38.9 Å². The van der Waals surface area contributed by atoms with E-state index in [1.54, 1.807) is 0 Å². The van der Waals surface area contributed by atoms with Crippen LogP contribution in [0, 0.1) is 19.8 Å². The van der Waals surface area contributed by atoms with Crippen LogP contribution in [0.1, 0.15) is 36.6 Å². The number of thiocarbonyl (C=S) groups is 1. The standard InChI is InChI=1S/C19H23BrN2S/c1-12(2)18(16-8-6-5-7-13(16)3)22-19(23)21-15-9-10-17(20)14(4)11-15/h5-12,18H,1-4H3,(H2,21,22,23)/t18-/m1/s1. The molecule has 2 N–H and O–H groups in total. The molecule has 2 rings (SSSR count). The van der Waals surface area contributed by atoms with Crippen LogP contribution in [0.15, 0.2) is 46.9 Å². The minimum Gasteiger partial charge on any atom is -0.355 e. The Morgan fingerprint density at radius 1 is 1.04 bits per heavy atom. The lowest BCUT2D eigenvalue weighted by Gasteiger charge is -2.26. The summed E-state index contributed by atoms with van der Waals surface area (Å²) in [6.07, 6.45) is 0. The highest BCUT2D eigenvalue weighted by Gasteiger charge is 2.18. The Balaban J connectivity index is 2.12. The van der Waals surface area contributed by atoms with Gasteiger partial charge in [0.1, 0.15) is 0 Å². The molecule has 0 aromatic heterocycles. The van der Waals surface area contributed by atoms with E-state index < -0.39 is 0 Å². The molecule has 0 heterocycles. The summed E-state index contributed by atoms with van der Waals surface area (Å²) >= 11 is 9.03. The van der Waals surface area contributed by atoms with E-state index in [9.17, 15) is 0 Å². The first-order chi connectivity index (χ1) is 10.9. The molecule has 0 saturated heterocycles. The summed E-state index contributed by atoms with van der Waals surface area (Å²) in [4.78, 5) is 0. The third-order valence-corrected chi connectivity index (χ3v) is 5.00. The number of anilines is 1. The first kappa shape index (κ1) is 18.0. The lowest BCUT2D eigenvalue weighted by Crippen LogP contribution is -2.35. The molecule has 1 atom stereocenters. The number of hydrogen-bond acceptors (Lipinski definition) is 1. The van der Waals surface area contributed by atoms with Crippen molar-refractivity contribution in [3.05, 3.63) is 63.6 Å². The van der Waals surface area contributed by atoms with Crippen LogP contribution in [-0.2, 0) is 0 Å². The Morgan fingerprint density at radius 2 is 1.74 bits per heavy atom. The van der Waals surface area contributed by atoms with Crippen molar-refractivity contribution in [1.82, 2.24) is 5.32 Å². The SMILES string of the molecule is Cc1cc(NC(=S)N[C@@H](c2ccccc2C)C(C)C)ccc1Br. The van der Waals surface area contributed by atoms with Gasteiger partial charge in [-0.15, -0.1) is 0 Å². The zero-order valence-corrected chi connectivity index (χ0v) is 16.4. The van der Waals surface area contributed by atoms with Crippen LogP contribution >= 0.6 is 28.1 Å². The first-order valence-corrected chi connectivity index (χ1v) is 8.98. The molecule has 0 radical (unpaired) electrons. The zero-order chi connectivity index (χ0) is 17.0. The van der Waals surface area contributed by atoms with Crippen LogP contribution in [0.25, 0.3) is 0 Å². The van der Waals surface area contributed by atoms with Gasteiger partial charge in [0.05, 0.1) is 6.04 Å². The van der Waals surface area contributed by atoms with Gasteiger partial charge in [-0.2, -0.15) is 0 Å². The van der Waals surface area contributed by atoms with Crippen LogP contribution in [0.2, 0.25) is 0 Å². The molecule has 0 aliphatic rings. The van der Waals surface area contributed by atoms with Crippen LogP contribution in [0.3, 0.4) is 0 Å².